The predicted molar refractivity (Wildman–Crippen MR) is 73.7 cm³/mol. The van der Waals surface area contributed by atoms with Crippen LogP contribution < -0.4 is 5.32 Å². The van der Waals surface area contributed by atoms with Gasteiger partial charge in [-0.2, -0.15) is 0 Å². The molecule has 2 rings (SSSR count). The van der Waals surface area contributed by atoms with Crippen LogP contribution in [0, 0.1) is 5.82 Å². The van der Waals surface area contributed by atoms with Gasteiger partial charge in [0.05, 0.1) is 0 Å². The molecule has 1 aromatic heterocycles. The predicted octanol–water partition coefficient (Wildman–Crippen LogP) is 4.50. The Balaban J connectivity index is 1.94. The quantitative estimate of drug-likeness (QED) is 0.876. The molecule has 0 saturated heterocycles. The number of hydrogen-bond donors (Lipinski definition) is 1. The average Bonchev–Trinajstić information content (AvgIpc) is 2.74. The summed E-state index contributed by atoms with van der Waals surface area (Å²) in [5, 5.41) is 5.48. The average molecular weight is 314 g/mol. The van der Waals surface area contributed by atoms with Crippen molar-refractivity contribution in [3.05, 3.63) is 56.4 Å². The zero-order valence-corrected chi connectivity index (χ0v) is 11.8. The van der Waals surface area contributed by atoms with E-state index in [-0.39, 0.29) is 11.9 Å². The molecule has 1 nitrogen and oxygen atoms in total. The van der Waals surface area contributed by atoms with Gasteiger partial charge in [0.15, 0.2) is 0 Å². The fourth-order valence-corrected chi connectivity index (χ4v) is 3.33. The first-order valence-corrected chi connectivity index (χ1v) is 7.05. The van der Waals surface area contributed by atoms with Crippen molar-refractivity contribution in [2.75, 3.05) is 0 Å². The molecule has 0 radical (unpaired) electrons. The van der Waals surface area contributed by atoms with E-state index < -0.39 is 0 Å². The van der Waals surface area contributed by atoms with E-state index in [0.717, 1.165) is 16.6 Å². The highest BCUT2D eigenvalue weighted by Crippen LogP contribution is 2.28. The Labute approximate surface area is 113 Å². The molecule has 0 amide bonds. The molecular formula is C13H13BrFNS. The van der Waals surface area contributed by atoms with Crippen molar-refractivity contribution in [1.29, 1.82) is 0 Å². The molecule has 0 bridgehead atoms. The van der Waals surface area contributed by atoms with Gasteiger partial charge in [-0.05, 0) is 52.0 Å². The van der Waals surface area contributed by atoms with Gasteiger partial charge in [-0.25, -0.2) is 4.39 Å². The molecule has 0 aliphatic rings. The van der Waals surface area contributed by atoms with Crippen molar-refractivity contribution in [3.63, 3.8) is 0 Å². The summed E-state index contributed by atoms with van der Waals surface area (Å²) in [6.07, 6.45) is 0. The second kappa shape index (κ2) is 5.76. The number of thiophene rings is 1. The van der Waals surface area contributed by atoms with Gasteiger partial charge in [-0.3, -0.25) is 0 Å². The molecule has 0 aliphatic heterocycles. The Morgan fingerprint density at radius 1 is 1.29 bits per heavy atom. The van der Waals surface area contributed by atoms with Crippen molar-refractivity contribution in [3.8, 4) is 0 Å². The summed E-state index contributed by atoms with van der Waals surface area (Å²) in [6.45, 7) is 2.87. The number of benzene rings is 1. The Hall–Kier alpha value is -0.710. The van der Waals surface area contributed by atoms with Gasteiger partial charge in [-0.15, -0.1) is 11.3 Å². The van der Waals surface area contributed by atoms with Crippen LogP contribution in [0.3, 0.4) is 0 Å². The first-order valence-electron chi connectivity index (χ1n) is 5.37. The zero-order valence-electron chi connectivity index (χ0n) is 9.41. The fourth-order valence-electron chi connectivity index (χ4n) is 1.58. The highest BCUT2D eigenvalue weighted by molar-refractivity contribution is 9.10. The van der Waals surface area contributed by atoms with Crippen LogP contribution in [-0.2, 0) is 6.54 Å². The summed E-state index contributed by atoms with van der Waals surface area (Å²) >= 11 is 5.25. The van der Waals surface area contributed by atoms with Crippen LogP contribution in [0.25, 0.3) is 0 Å². The maximum atomic E-state index is 12.7. The smallest absolute Gasteiger partial charge is 0.123 e. The summed E-state index contributed by atoms with van der Waals surface area (Å²) < 4.78 is 13.9. The molecular weight excluding hydrogens is 301 g/mol. The van der Waals surface area contributed by atoms with Crippen LogP contribution in [0.1, 0.15) is 23.4 Å². The third-order valence-corrected chi connectivity index (χ3v) is 4.62. The van der Waals surface area contributed by atoms with Gasteiger partial charge >= 0.3 is 0 Å². The summed E-state index contributed by atoms with van der Waals surface area (Å²) in [7, 11) is 0. The van der Waals surface area contributed by atoms with Gasteiger partial charge < -0.3 is 5.32 Å². The van der Waals surface area contributed by atoms with Crippen molar-refractivity contribution in [2.24, 2.45) is 0 Å². The monoisotopic (exact) mass is 313 g/mol. The van der Waals surface area contributed by atoms with Crippen LogP contribution in [0.4, 0.5) is 4.39 Å². The Kier molecular flexibility index (Phi) is 4.31. The minimum atomic E-state index is -0.192. The lowest BCUT2D eigenvalue weighted by atomic mass is 10.2. The van der Waals surface area contributed by atoms with Gasteiger partial charge in [0.25, 0.3) is 0 Å². The Morgan fingerprint density at radius 2 is 2.00 bits per heavy atom. The molecule has 1 aromatic carbocycles. The van der Waals surface area contributed by atoms with Crippen molar-refractivity contribution in [2.45, 2.75) is 19.5 Å². The van der Waals surface area contributed by atoms with Crippen LogP contribution in [0.5, 0.6) is 0 Å². The molecule has 17 heavy (non-hydrogen) atoms. The van der Waals surface area contributed by atoms with Gasteiger partial charge in [0.2, 0.25) is 0 Å². The Bertz CT molecular complexity index is 480. The molecule has 0 saturated carbocycles. The number of halogens is 2. The molecule has 0 spiro atoms. The van der Waals surface area contributed by atoms with E-state index in [0.29, 0.717) is 0 Å². The molecule has 1 atom stereocenters. The van der Waals surface area contributed by atoms with Crippen LogP contribution >= 0.6 is 27.3 Å². The molecule has 0 aliphatic carbocycles. The second-order valence-corrected chi connectivity index (χ2v) is 5.66. The van der Waals surface area contributed by atoms with Gasteiger partial charge in [-0.1, -0.05) is 12.1 Å². The lowest BCUT2D eigenvalue weighted by Gasteiger charge is -2.13. The van der Waals surface area contributed by atoms with Crippen molar-refractivity contribution < 1.29 is 4.39 Å². The van der Waals surface area contributed by atoms with E-state index in [9.17, 15) is 4.39 Å². The molecule has 2 aromatic rings. The fraction of sp³-hybridized carbons (Fsp3) is 0.231. The van der Waals surface area contributed by atoms with Crippen LogP contribution in [0.15, 0.2) is 40.2 Å². The first kappa shape index (κ1) is 12.7. The lowest BCUT2D eigenvalue weighted by molar-refractivity contribution is 0.579. The third kappa shape index (κ3) is 3.37. The van der Waals surface area contributed by atoms with Gasteiger partial charge in [0, 0.05) is 21.9 Å². The minimum absolute atomic E-state index is 0.192. The van der Waals surface area contributed by atoms with E-state index in [4.69, 9.17) is 0 Å². The van der Waals surface area contributed by atoms with E-state index in [1.54, 1.807) is 23.5 Å². The van der Waals surface area contributed by atoms with E-state index in [1.165, 1.54) is 17.0 Å². The summed E-state index contributed by atoms with van der Waals surface area (Å²) in [4.78, 5) is 1.28. The highest BCUT2D eigenvalue weighted by atomic mass is 79.9. The molecule has 1 heterocycles. The van der Waals surface area contributed by atoms with Crippen LogP contribution in [0.2, 0.25) is 0 Å². The van der Waals surface area contributed by atoms with E-state index >= 15 is 0 Å². The lowest BCUT2D eigenvalue weighted by Crippen LogP contribution is -2.17. The number of rotatable bonds is 4. The summed E-state index contributed by atoms with van der Waals surface area (Å²) in [6, 6.07) is 8.92. The molecule has 1 unspecified atom stereocenters. The maximum absolute atomic E-state index is 12.7. The van der Waals surface area contributed by atoms with Crippen molar-refractivity contribution in [1.82, 2.24) is 5.32 Å². The standard InChI is InChI=1S/C13H13BrFNS/c1-9(13-12(14)6-7-17-13)16-8-10-2-4-11(15)5-3-10/h2-7,9,16H,8H2,1H3. The molecule has 1 N–H and O–H groups in total. The molecule has 0 fully saturated rings. The summed E-state index contributed by atoms with van der Waals surface area (Å²) in [5.41, 5.74) is 1.09. The summed E-state index contributed by atoms with van der Waals surface area (Å²) in [5.74, 6) is -0.192. The maximum Gasteiger partial charge on any atom is 0.123 e. The highest BCUT2D eigenvalue weighted by Gasteiger charge is 2.09. The Morgan fingerprint density at radius 3 is 2.59 bits per heavy atom. The number of nitrogens with one attached hydrogen (secondary N) is 1. The first-order chi connectivity index (χ1) is 8.16. The van der Waals surface area contributed by atoms with E-state index in [2.05, 4.69) is 39.6 Å². The third-order valence-electron chi connectivity index (χ3n) is 2.56. The number of hydrogen-bond acceptors (Lipinski definition) is 2. The normalized spacial score (nSPS) is 12.6. The zero-order chi connectivity index (χ0) is 12.3. The van der Waals surface area contributed by atoms with Gasteiger partial charge in [0.1, 0.15) is 5.82 Å². The second-order valence-electron chi connectivity index (χ2n) is 3.86. The molecule has 4 heteroatoms. The van der Waals surface area contributed by atoms with Crippen LogP contribution in [-0.4, -0.2) is 0 Å². The SMILES string of the molecule is CC(NCc1ccc(F)cc1)c1sccc1Br. The largest absolute Gasteiger partial charge is 0.305 e. The topological polar surface area (TPSA) is 12.0 Å². The molecule has 90 valence electrons. The van der Waals surface area contributed by atoms with E-state index in [1.807, 2.05) is 0 Å². The van der Waals surface area contributed by atoms with Crippen molar-refractivity contribution >= 4 is 27.3 Å². The minimum Gasteiger partial charge on any atom is -0.305 e.